The van der Waals surface area contributed by atoms with E-state index in [9.17, 15) is 4.39 Å². The van der Waals surface area contributed by atoms with Crippen LogP contribution in [0.4, 0.5) is 4.39 Å². The lowest BCUT2D eigenvalue weighted by atomic mass is 9.79. The van der Waals surface area contributed by atoms with Crippen molar-refractivity contribution >= 4 is 12.6 Å². The van der Waals surface area contributed by atoms with E-state index in [1.807, 2.05) is 0 Å². The van der Waals surface area contributed by atoms with E-state index < -0.39 is 12.9 Å². The molecule has 0 heterocycles. The molecular formula is C8H7BFNO3. The van der Waals surface area contributed by atoms with Gasteiger partial charge in [0.05, 0.1) is 0 Å². The van der Waals surface area contributed by atoms with Crippen molar-refractivity contribution in [1.29, 1.82) is 5.26 Å². The molecule has 0 saturated heterocycles. The largest absolute Gasteiger partial charge is 0.492 e. The van der Waals surface area contributed by atoms with Crippen molar-refractivity contribution < 1.29 is 19.2 Å². The van der Waals surface area contributed by atoms with E-state index in [0.717, 1.165) is 12.1 Å². The highest BCUT2D eigenvalue weighted by atomic mass is 19.1. The molecular weight excluding hydrogens is 188 g/mol. The normalized spacial score (nSPS) is 9.29. The van der Waals surface area contributed by atoms with Crippen LogP contribution in [0.2, 0.25) is 0 Å². The number of hydrogen-bond acceptors (Lipinski definition) is 4. The number of hydrogen-bond donors (Lipinski definition) is 2. The lowest BCUT2D eigenvalue weighted by molar-refractivity contribution is 0.365. The van der Waals surface area contributed by atoms with Gasteiger partial charge in [0.25, 0.3) is 0 Å². The molecule has 0 aliphatic rings. The lowest BCUT2D eigenvalue weighted by Gasteiger charge is -2.07. The van der Waals surface area contributed by atoms with Gasteiger partial charge >= 0.3 is 7.12 Å². The fraction of sp³-hybridized carbons (Fsp3) is 0.125. The molecule has 0 saturated carbocycles. The maximum Gasteiger partial charge on any atom is 0.492 e. The Balaban J connectivity index is 2.97. The molecule has 0 fully saturated rings. The molecule has 0 spiro atoms. The van der Waals surface area contributed by atoms with Gasteiger partial charge in [-0.15, -0.1) is 0 Å². The second-order valence-corrected chi connectivity index (χ2v) is 2.50. The van der Waals surface area contributed by atoms with Gasteiger partial charge in [-0.1, -0.05) is 0 Å². The molecule has 0 amide bonds. The Labute approximate surface area is 80.3 Å². The Hall–Kier alpha value is -1.58. The molecule has 0 aromatic heterocycles. The number of benzene rings is 1. The highest BCUT2D eigenvalue weighted by Crippen LogP contribution is 2.09. The molecule has 1 rings (SSSR count). The summed E-state index contributed by atoms with van der Waals surface area (Å²) in [5.74, 6) is -0.514. The molecule has 14 heavy (non-hydrogen) atoms. The van der Waals surface area contributed by atoms with Crippen molar-refractivity contribution in [2.24, 2.45) is 0 Å². The third kappa shape index (κ3) is 2.45. The van der Waals surface area contributed by atoms with Crippen molar-refractivity contribution in [3.05, 3.63) is 24.0 Å². The first-order chi connectivity index (χ1) is 6.65. The third-order valence-corrected chi connectivity index (χ3v) is 1.54. The van der Waals surface area contributed by atoms with Gasteiger partial charge in [0.2, 0.25) is 0 Å². The number of nitrogens with zero attached hydrogens (tertiary/aromatic N) is 1. The van der Waals surface area contributed by atoms with Crippen LogP contribution in [0.15, 0.2) is 18.2 Å². The Morgan fingerprint density at radius 2 is 2.21 bits per heavy atom. The molecule has 2 N–H and O–H groups in total. The van der Waals surface area contributed by atoms with Crippen LogP contribution in [0.5, 0.6) is 5.75 Å². The summed E-state index contributed by atoms with van der Waals surface area (Å²) in [5, 5.41) is 25.9. The van der Waals surface area contributed by atoms with Crippen LogP contribution < -0.4 is 10.2 Å². The second-order valence-electron chi connectivity index (χ2n) is 2.50. The Morgan fingerprint density at radius 3 is 2.79 bits per heavy atom. The first-order valence-corrected chi connectivity index (χ1v) is 3.80. The van der Waals surface area contributed by atoms with E-state index in [1.54, 1.807) is 6.07 Å². The van der Waals surface area contributed by atoms with Gasteiger partial charge in [0, 0.05) is 5.46 Å². The maximum absolute atomic E-state index is 12.7. The molecule has 1 aromatic carbocycles. The molecule has 4 nitrogen and oxygen atoms in total. The first-order valence-electron chi connectivity index (χ1n) is 3.80. The van der Waals surface area contributed by atoms with E-state index in [4.69, 9.17) is 20.0 Å². The summed E-state index contributed by atoms with van der Waals surface area (Å²) in [5.41, 5.74) is -0.0970. The monoisotopic (exact) mass is 195 g/mol. The van der Waals surface area contributed by atoms with Gasteiger partial charge in [-0.25, -0.2) is 4.39 Å². The van der Waals surface area contributed by atoms with Crippen LogP contribution in [0.25, 0.3) is 0 Å². The maximum atomic E-state index is 12.7. The van der Waals surface area contributed by atoms with Crippen molar-refractivity contribution in [2.75, 3.05) is 6.61 Å². The van der Waals surface area contributed by atoms with Gasteiger partial charge in [0.15, 0.2) is 6.61 Å². The van der Waals surface area contributed by atoms with E-state index >= 15 is 0 Å². The average molecular weight is 195 g/mol. The van der Waals surface area contributed by atoms with Crippen molar-refractivity contribution in [1.82, 2.24) is 0 Å². The predicted molar refractivity (Wildman–Crippen MR) is 47.3 cm³/mol. The molecule has 0 aliphatic carbocycles. The van der Waals surface area contributed by atoms with Gasteiger partial charge in [0.1, 0.15) is 17.6 Å². The smallest absolute Gasteiger partial charge is 0.479 e. The van der Waals surface area contributed by atoms with Crippen LogP contribution in [0, 0.1) is 17.1 Å². The molecule has 0 radical (unpaired) electrons. The van der Waals surface area contributed by atoms with Crippen molar-refractivity contribution in [3.63, 3.8) is 0 Å². The number of ether oxygens (including phenoxy) is 1. The van der Waals surface area contributed by atoms with E-state index in [2.05, 4.69) is 0 Å². The zero-order chi connectivity index (χ0) is 10.6. The van der Waals surface area contributed by atoms with Gasteiger partial charge in [-0.3, -0.25) is 0 Å². The number of halogens is 1. The second kappa shape index (κ2) is 4.60. The summed E-state index contributed by atoms with van der Waals surface area (Å²) >= 11 is 0. The molecule has 6 heteroatoms. The standard InChI is InChI=1S/C8H7BFNO3/c10-6-1-2-8(14-4-3-11)7(5-6)9(12)13/h1-2,5,12-13H,4H2. The zero-order valence-corrected chi connectivity index (χ0v) is 7.14. The summed E-state index contributed by atoms with van der Waals surface area (Å²) in [4.78, 5) is 0. The van der Waals surface area contributed by atoms with Crippen LogP contribution in [-0.2, 0) is 0 Å². The summed E-state index contributed by atoms with van der Waals surface area (Å²) in [6, 6.07) is 5.01. The van der Waals surface area contributed by atoms with Gasteiger partial charge in [-0.2, -0.15) is 5.26 Å². The van der Waals surface area contributed by atoms with Crippen molar-refractivity contribution in [2.45, 2.75) is 0 Å². The highest BCUT2D eigenvalue weighted by molar-refractivity contribution is 6.59. The Bertz CT molecular complexity index is 364. The van der Waals surface area contributed by atoms with Crippen LogP contribution >= 0.6 is 0 Å². The molecule has 1 aromatic rings. The summed E-state index contributed by atoms with van der Waals surface area (Å²) in [6.45, 7) is -0.231. The van der Waals surface area contributed by atoms with Crippen LogP contribution in [-0.4, -0.2) is 23.8 Å². The number of nitriles is 1. The van der Waals surface area contributed by atoms with Crippen molar-refractivity contribution in [3.8, 4) is 11.8 Å². The van der Waals surface area contributed by atoms with Crippen LogP contribution in [0.1, 0.15) is 0 Å². The minimum atomic E-state index is -1.82. The SMILES string of the molecule is N#CCOc1ccc(F)cc1B(O)O. The highest BCUT2D eigenvalue weighted by Gasteiger charge is 2.17. The van der Waals surface area contributed by atoms with Crippen LogP contribution in [0.3, 0.4) is 0 Å². The van der Waals surface area contributed by atoms with E-state index in [0.29, 0.717) is 0 Å². The minimum Gasteiger partial charge on any atom is -0.479 e. The Morgan fingerprint density at radius 1 is 1.50 bits per heavy atom. The molecule has 72 valence electrons. The average Bonchev–Trinajstić information content (AvgIpc) is 2.15. The fourth-order valence-electron chi connectivity index (χ4n) is 0.963. The lowest BCUT2D eigenvalue weighted by Crippen LogP contribution is -2.31. The minimum absolute atomic E-state index is 0.0861. The molecule has 0 atom stereocenters. The number of rotatable bonds is 3. The van der Waals surface area contributed by atoms with Gasteiger partial charge < -0.3 is 14.8 Å². The Kier molecular flexibility index (Phi) is 3.45. The molecule has 0 aliphatic heterocycles. The van der Waals surface area contributed by atoms with E-state index in [-0.39, 0.29) is 17.8 Å². The summed E-state index contributed by atoms with van der Waals surface area (Å²) in [6.07, 6.45) is 0. The summed E-state index contributed by atoms with van der Waals surface area (Å²) in [7, 11) is -1.82. The first kappa shape index (κ1) is 10.5. The zero-order valence-electron chi connectivity index (χ0n) is 7.14. The third-order valence-electron chi connectivity index (χ3n) is 1.54. The predicted octanol–water partition coefficient (Wildman–Crippen LogP) is -0.592. The van der Waals surface area contributed by atoms with E-state index in [1.165, 1.54) is 6.07 Å². The summed E-state index contributed by atoms with van der Waals surface area (Å²) < 4.78 is 17.5. The van der Waals surface area contributed by atoms with Gasteiger partial charge in [-0.05, 0) is 18.2 Å². The quantitative estimate of drug-likeness (QED) is 0.632. The fourth-order valence-corrected chi connectivity index (χ4v) is 0.963. The topological polar surface area (TPSA) is 73.5 Å². The molecule has 0 unspecified atom stereocenters. The molecule has 0 bridgehead atoms.